The van der Waals surface area contributed by atoms with Crippen LogP contribution in [0.5, 0.6) is 5.75 Å². The monoisotopic (exact) mass is 434 g/mol. The van der Waals surface area contributed by atoms with Crippen LogP contribution >= 0.6 is 23.4 Å². The number of thioether (sulfide) groups is 1. The smallest absolute Gasteiger partial charge is 0.303 e. The van der Waals surface area contributed by atoms with Crippen molar-refractivity contribution in [2.24, 2.45) is 0 Å². The van der Waals surface area contributed by atoms with Crippen LogP contribution in [0.15, 0.2) is 47.4 Å². The number of rotatable bonds is 5. The van der Waals surface area contributed by atoms with Gasteiger partial charge in [0.2, 0.25) is 0 Å². The lowest BCUT2D eigenvalue weighted by Crippen LogP contribution is -2.45. The molecule has 2 aromatic rings. The molecule has 0 aromatic heterocycles. The highest BCUT2D eigenvalue weighted by Gasteiger charge is 2.40. The molecule has 8 heteroatoms. The molecule has 2 atom stereocenters. The summed E-state index contributed by atoms with van der Waals surface area (Å²) in [7, 11) is 3.87. The number of carbonyl (C=O) groups excluding carboxylic acids is 2. The molecule has 0 fully saturated rings. The summed E-state index contributed by atoms with van der Waals surface area (Å²) in [5.41, 5.74) is 1.51. The van der Waals surface area contributed by atoms with Gasteiger partial charge >= 0.3 is 5.97 Å². The summed E-state index contributed by atoms with van der Waals surface area (Å²) in [5.74, 6) is -0.684. The lowest BCUT2D eigenvalue weighted by atomic mass is 10.1. The van der Waals surface area contributed by atoms with E-state index in [1.165, 1.54) is 18.7 Å². The van der Waals surface area contributed by atoms with Crippen molar-refractivity contribution in [3.63, 3.8) is 0 Å². The summed E-state index contributed by atoms with van der Waals surface area (Å²) in [6, 6.07) is 12.0. The predicted octanol–water partition coefficient (Wildman–Crippen LogP) is 3.72. The van der Waals surface area contributed by atoms with E-state index in [9.17, 15) is 14.7 Å². The third-order valence-electron chi connectivity index (χ3n) is 4.54. The molecule has 1 aliphatic heterocycles. The maximum Gasteiger partial charge on any atom is 0.303 e. The maximum absolute atomic E-state index is 13.5. The van der Waals surface area contributed by atoms with E-state index in [2.05, 4.69) is 0 Å². The van der Waals surface area contributed by atoms with Crippen LogP contribution in [0.3, 0.4) is 0 Å². The third kappa shape index (κ3) is 5.04. The molecule has 0 spiro atoms. The average Bonchev–Trinajstić information content (AvgIpc) is 2.76. The molecule has 0 radical (unpaired) electrons. The topological polar surface area (TPSA) is 70.1 Å². The Morgan fingerprint density at radius 2 is 1.93 bits per heavy atom. The number of anilines is 1. The summed E-state index contributed by atoms with van der Waals surface area (Å²) < 4.78 is 5.52. The van der Waals surface area contributed by atoms with Crippen molar-refractivity contribution >= 4 is 40.9 Å². The number of phenolic OH excluding ortho intramolecular Hbond substituents is 1. The van der Waals surface area contributed by atoms with Crippen LogP contribution in [0.25, 0.3) is 0 Å². The van der Waals surface area contributed by atoms with E-state index in [1.807, 2.05) is 31.1 Å². The second-order valence-electron chi connectivity index (χ2n) is 7.07. The van der Waals surface area contributed by atoms with Gasteiger partial charge in [-0.25, -0.2) is 0 Å². The van der Waals surface area contributed by atoms with Gasteiger partial charge in [0.15, 0.2) is 6.10 Å². The second kappa shape index (κ2) is 9.07. The summed E-state index contributed by atoms with van der Waals surface area (Å²) in [6.45, 7) is 2.39. The normalized spacial score (nSPS) is 19.1. The number of halogens is 1. The Labute approximate surface area is 179 Å². The number of phenols is 1. The summed E-state index contributed by atoms with van der Waals surface area (Å²) >= 11 is 7.66. The van der Waals surface area contributed by atoms with E-state index in [0.29, 0.717) is 18.1 Å². The van der Waals surface area contributed by atoms with Crippen LogP contribution in [0.4, 0.5) is 5.69 Å². The van der Waals surface area contributed by atoms with Crippen LogP contribution in [0.1, 0.15) is 17.7 Å². The Hall–Kier alpha value is -2.22. The molecule has 0 bridgehead atoms. The number of likely N-dealkylation sites (N-methyl/N-ethyl adjacent to an activating group) is 1. The SMILES string of the molecule is CC(=O)O[C@H]1C(=O)N(CCN(C)C)c2ccc(Cl)cc2S[C@H]1c1ccc(O)cc1. The van der Waals surface area contributed by atoms with Gasteiger partial charge in [0, 0.05) is 29.9 Å². The lowest BCUT2D eigenvalue weighted by molar-refractivity contribution is -0.152. The quantitative estimate of drug-likeness (QED) is 0.723. The number of benzene rings is 2. The van der Waals surface area contributed by atoms with Crippen molar-refractivity contribution in [1.82, 2.24) is 4.90 Å². The fourth-order valence-corrected chi connectivity index (χ4v) is 4.73. The highest BCUT2D eigenvalue weighted by atomic mass is 35.5. The number of fused-ring (bicyclic) bond motifs is 1. The molecule has 3 rings (SSSR count). The molecular formula is C21H23ClN2O4S. The average molecular weight is 435 g/mol. The van der Waals surface area contributed by atoms with Gasteiger partial charge < -0.3 is 19.6 Å². The first-order chi connectivity index (χ1) is 13.8. The van der Waals surface area contributed by atoms with Crippen molar-refractivity contribution in [2.45, 2.75) is 23.2 Å². The van der Waals surface area contributed by atoms with E-state index in [4.69, 9.17) is 16.3 Å². The van der Waals surface area contributed by atoms with Crippen LogP contribution in [0.2, 0.25) is 5.02 Å². The molecule has 0 saturated heterocycles. The fourth-order valence-electron chi connectivity index (χ4n) is 3.13. The molecule has 1 amide bonds. The number of nitrogens with zero attached hydrogens (tertiary/aromatic N) is 2. The largest absolute Gasteiger partial charge is 0.508 e. The first kappa shape index (κ1) is 21.5. The minimum Gasteiger partial charge on any atom is -0.508 e. The Bertz CT molecular complexity index is 904. The minimum atomic E-state index is -1.00. The van der Waals surface area contributed by atoms with Crippen LogP contribution in [0, 0.1) is 0 Å². The summed E-state index contributed by atoms with van der Waals surface area (Å²) in [5, 5.41) is 9.73. The molecule has 154 valence electrons. The number of hydrogen-bond acceptors (Lipinski definition) is 6. The van der Waals surface area contributed by atoms with Gasteiger partial charge in [-0.2, -0.15) is 0 Å². The van der Waals surface area contributed by atoms with Gasteiger partial charge in [0.1, 0.15) is 5.75 Å². The summed E-state index contributed by atoms with van der Waals surface area (Å²) in [6.07, 6.45) is -1.00. The van der Waals surface area contributed by atoms with Crippen LogP contribution < -0.4 is 4.90 Å². The molecule has 1 heterocycles. The van der Waals surface area contributed by atoms with Gasteiger partial charge in [-0.3, -0.25) is 9.59 Å². The highest BCUT2D eigenvalue weighted by molar-refractivity contribution is 7.99. The predicted molar refractivity (Wildman–Crippen MR) is 115 cm³/mol. The Morgan fingerprint density at radius 3 is 2.55 bits per heavy atom. The van der Waals surface area contributed by atoms with E-state index < -0.39 is 17.3 Å². The Kier molecular flexibility index (Phi) is 6.72. The summed E-state index contributed by atoms with van der Waals surface area (Å²) in [4.78, 5) is 29.8. The van der Waals surface area contributed by atoms with Crippen molar-refractivity contribution in [2.75, 3.05) is 32.1 Å². The zero-order valence-corrected chi connectivity index (χ0v) is 18.0. The molecule has 2 aromatic carbocycles. The molecule has 29 heavy (non-hydrogen) atoms. The molecule has 0 aliphatic carbocycles. The third-order valence-corrected chi connectivity index (χ3v) is 6.13. The number of ether oxygens (including phenoxy) is 1. The van der Waals surface area contributed by atoms with Crippen molar-refractivity contribution in [1.29, 1.82) is 0 Å². The van der Waals surface area contributed by atoms with Gasteiger partial charge in [0.25, 0.3) is 5.91 Å². The van der Waals surface area contributed by atoms with E-state index >= 15 is 0 Å². The van der Waals surface area contributed by atoms with E-state index in [1.54, 1.807) is 35.2 Å². The highest BCUT2D eigenvalue weighted by Crippen LogP contribution is 2.47. The number of amides is 1. The number of aromatic hydroxyl groups is 1. The fraction of sp³-hybridized carbons (Fsp3) is 0.333. The first-order valence-electron chi connectivity index (χ1n) is 9.14. The van der Waals surface area contributed by atoms with E-state index in [0.717, 1.165) is 16.1 Å². The number of carbonyl (C=O) groups is 2. The minimum absolute atomic E-state index is 0.124. The standard InChI is InChI=1S/C21H23ClN2O4S/c1-13(25)28-19-20(14-4-7-16(26)8-5-14)29-18-12-15(22)6-9-17(18)24(21(19)27)11-10-23(2)3/h4-9,12,19-20,26H,10-11H2,1-3H3/t19-,20+/m1/s1. The molecule has 6 nitrogen and oxygen atoms in total. The van der Waals surface area contributed by atoms with Gasteiger partial charge in [-0.1, -0.05) is 23.7 Å². The molecular weight excluding hydrogens is 412 g/mol. The molecule has 0 unspecified atom stereocenters. The lowest BCUT2D eigenvalue weighted by Gasteiger charge is -2.28. The van der Waals surface area contributed by atoms with E-state index in [-0.39, 0.29) is 11.7 Å². The van der Waals surface area contributed by atoms with Crippen molar-refractivity contribution in [3.05, 3.63) is 53.1 Å². The van der Waals surface area contributed by atoms with Crippen LogP contribution in [-0.2, 0) is 14.3 Å². The van der Waals surface area contributed by atoms with Gasteiger partial charge in [0.05, 0.1) is 10.9 Å². The zero-order chi connectivity index (χ0) is 21.1. The Morgan fingerprint density at radius 1 is 1.24 bits per heavy atom. The Balaban J connectivity index is 2.10. The van der Waals surface area contributed by atoms with Gasteiger partial charge in [-0.15, -0.1) is 11.8 Å². The second-order valence-corrected chi connectivity index (χ2v) is 8.69. The van der Waals surface area contributed by atoms with Crippen LogP contribution in [-0.4, -0.2) is 55.2 Å². The molecule has 1 N–H and O–H groups in total. The zero-order valence-electron chi connectivity index (χ0n) is 16.5. The molecule has 1 aliphatic rings. The molecule has 0 saturated carbocycles. The number of hydrogen-bond donors (Lipinski definition) is 1. The first-order valence-corrected chi connectivity index (χ1v) is 10.4. The van der Waals surface area contributed by atoms with Gasteiger partial charge in [-0.05, 0) is 50.0 Å². The van der Waals surface area contributed by atoms with Crippen molar-refractivity contribution in [3.8, 4) is 5.75 Å². The number of esters is 1. The van der Waals surface area contributed by atoms with Crippen molar-refractivity contribution < 1.29 is 19.4 Å². The maximum atomic E-state index is 13.5.